The van der Waals surface area contributed by atoms with Gasteiger partial charge in [-0.15, -0.1) is 22.1 Å². The Bertz CT molecular complexity index is 2630. The molecule has 2 aromatic carbocycles. The summed E-state index contributed by atoms with van der Waals surface area (Å²) in [6.07, 6.45) is 9.73. The van der Waals surface area contributed by atoms with Gasteiger partial charge in [0.15, 0.2) is 0 Å². The summed E-state index contributed by atoms with van der Waals surface area (Å²) in [5, 5.41) is 0. The van der Waals surface area contributed by atoms with E-state index in [1.807, 2.05) is 68.4 Å². The molecule has 0 amide bonds. The van der Waals surface area contributed by atoms with Crippen LogP contribution in [-0.4, -0.2) is 36.1 Å². The minimum Gasteiger partial charge on any atom is -0.657 e. The summed E-state index contributed by atoms with van der Waals surface area (Å²) in [6.45, 7) is 8.24. The molecule has 0 saturated carbocycles. The zero-order valence-electron chi connectivity index (χ0n) is 33.3. The van der Waals surface area contributed by atoms with Gasteiger partial charge in [0.1, 0.15) is 0 Å². The van der Waals surface area contributed by atoms with E-state index < -0.39 is 0 Å². The minimum absolute atomic E-state index is 0. The zero-order valence-corrected chi connectivity index (χ0v) is 36.3. The van der Waals surface area contributed by atoms with E-state index in [0.29, 0.717) is 24.1 Å². The third-order valence-corrected chi connectivity index (χ3v) is 10.6. The summed E-state index contributed by atoms with van der Waals surface area (Å²) >= 11 is 0. The number of aryl methyl sites for hydroxylation is 3. The molecule has 0 N–H and O–H groups in total. The average Bonchev–Trinajstić information content (AvgIpc) is 3.87. The van der Waals surface area contributed by atoms with Crippen molar-refractivity contribution in [3.8, 4) is 0 Å². The van der Waals surface area contributed by atoms with Crippen molar-refractivity contribution in [1.82, 2.24) is 19.9 Å². The molecule has 2 aliphatic heterocycles. The summed E-state index contributed by atoms with van der Waals surface area (Å²) in [5.41, 5.74) is 16.1. The topological polar surface area (TPSA) is 107 Å². The number of hydrogen-bond acceptors (Lipinski definition) is 6. The van der Waals surface area contributed by atoms with Crippen LogP contribution in [0.3, 0.4) is 0 Å². The van der Waals surface area contributed by atoms with Crippen LogP contribution in [0.5, 0.6) is 0 Å². The van der Waals surface area contributed by atoms with E-state index in [0.717, 1.165) is 89.3 Å². The second kappa shape index (κ2) is 17.9. The number of ether oxygens (including phenoxy) is 2. The van der Waals surface area contributed by atoms with Crippen molar-refractivity contribution in [3.63, 3.8) is 0 Å². The van der Waals surface area contributed by atoms with Crippen molar-refractivity contribution in [2.75, 3.05) is 14.2 Å². The Balaban J connectivity index is 0.00000549. The summed E-state index contributed by atoms with van der Waals surface area (Å²) in [5.74, 6) is -0.592. The Morgan fingerprint density at radius 2 is 1.09 bits per heavy atom. The molecule has 3 aromatic heterocycles. The molecule has 8 bridgehead atoms. The number of fused-ring (bicyclic) bond motifs is 8. The molecule has 0 fully saturated rings. The molecular formula is C48H44N4O4Zn. The number of esters is 2. The van der Waals surface area contributed by atoms with Crippen LogP contribution in [0.2, 0.25) is 0 Å². The Morgan fingerprint density at radius 3 is 1.74 bits per heavy atom. The predicted molar refractivity (Wildman–Crippen MR) is 226 cm³/mol. The maximum atomic E-state index is 12.4. The van der Waals surface area contributed by atoms with E-state index in [1.54, 1.807) is 0 Å². The van der Waals surface area contributed by atoms with Gasteiger partial charge in [-0.2, -0.15) is 0 Å². The number of nitrogens with zero attached hydrogens (tertiary/aromatic N) is 4. The number of methoxy groups -OCH3 is 2. The molecule has 5 heterocycles. The third kappa shape index (κ3) is 8.90. The van der Waals surface area contributed by atoms with Gasteiger partial charge in [0.05, 0.1) is 37.0 Å². The zero-order chi connectivity index (χ0) is 39.3. The Hall–Kier alpha value is -5.92. The number of aromatic nitrogens is 4. The van der Waals surface area contributed by atoms with Crippen molar-refractivity contribution >= 4 is 74.5 Å². The van der Waals surface area contributed by atoms with Gasteiger partial charge in [0, 0.05) is 18.4 Å². The van der Waals surface area contributed by atoms with Crippen LogP contribution in [0.25, 0.3) is 62.6 Å². The van der Waals surface area contributed by atoms with Gasteiger partial charge in [-0.1, -0.05) is 126 Å². The molecule has 0 spiro atoms. The van der Waals surface area contributed by atoms with Gasteiger partial charge >= 0.3 is 31.4 Å². The first-order valence-corrected chi connectivity index (χ1v) is 18.8. The van der Waals surface area contributed by atoms with Crippen molar-refractivity contribution in [3.05, 3.63) is 147 Å². The monoisotopic (exact) mass is 804 g/mol. The first-order chi connectivity index (χ1) is 27.1. The minimum atomic E-state index is -0.296. The van der Waals surface area contributed by atoms with Crippen molar-refractivity contribution in [1.29, 1.82) is 0 Å². The van der Waals surface area contributed by atoms with Crippen LogP contribution < -0.4 is 9.97 Å². The number of hydrogen-bond donors (Lipinski definition) is 0. The summed E-state index contributed by atoms with van der Waals surface area (Å²) < 4.78 is 10.0. The van der Waals surface area contributed by atoms with E-state index in [1.165, 1.54) is 14.2 Å². The molecule has 5 aromatic rings. The molecule has 57 heavy (non-hydrogen) atoms. The average molecular weight is 806 g/mol. The fourth-order valence-electron chi connectivity index (χ4n) is 7.20. The largest absolute Gasteiger partial charge is 2.00 e. The van der Waals surface area contributed by atoms with Gasteiger partial charge < -0.3 is 19.4 Å². The molecule has 9 heteroatoms. The van der Waals surface area contributed by atoms with Crippen LogP contribution in [0.1, 0.15) is 89.3 Å². The second-order valence-corrected chi connectivity index (χ2v) is 14.0. The molecule has 282 valence electrons. The van der Waals surface area contributed by atoms with E-state index in [2.05, 4.69) is 68.5 Å². The number of carbonyl (C=O) groups excluding carboxylic acids is 2. The van der Waals surface area contributed by atoms with Crippen LogP contribution >= 0.6 is 0 Å². The van der Waals surface area contributed by atoms with Gasteiger partial charge in [-0.05, 0) is 73.9 Å². The summed E-state index contributed by atoms with van der Waals surface area (Å²) in [4.78, 5) is 45.6. The number of allylic oxidation sites excluding steroid dienone is 5. The molecule has 0 atom stereocenters. The maximum Gasteiger partial charge on any atom is 2.00 e. The first-order valence-electron chi connectivity index (χ1n) is 18.8. The second-order valence-electron chi connectivity index (χ2n) is 14.0. The quantitative estimate of drug-likeness (QED) is 0.101. The van der Waals surface area contributed by atoms with Gasteiger partial charge in [0.2, 0.25) is 0 Å². The van der Waals surface area contributed by atoms with Crippen LogP contribution in [0, 0.1) is 13.8 Å². The van der Waals surface area contributed by atoms with Crippen LogP contribution in [-0.2, 0) is 45.0 Å². The van der Waals surface area contributed by atoms with E-state index >= 15 is 0 Å². The van der Waals surface area contributed by atoms with E-state index in [-0.39, 0.29) is 44.3 Å². The first kappa shape index (κ1) is 40.7. The molecule has 8 nitrogen and oxygen atoms in total. The molecule has 0 aliphatic carbocycles. The summed E-state index contributed by atoms with van der Waals surface area (Å²) in [6, 6.07) is 28.5. The van der Waals surface area contributed by atoms with Crippen molar-refractivity contribution in [2.24, 2.45) is 0 Å². The maximum absolute atomic E-state index is 12.4. The number of rotatable bonds is 10. The standard InChI is InChI=1S/C48H44N4O4.Zn/c1-29-35(19-17-33-13-9-7-10-14-33)43-26-41-30(2)36(20-18-34-15-11-8-12-16-34)44(51-41)27-42-32(4)38(22-24-48(54)56-6)46(52-42)28-45-37(21-23-47(53)55-5)31(3)40(50-45)25-39(29)49-43;/h7-20,25-28H,21-24H2,1-6H3;/q-2;+2/b19-17+,20-18+,39-25?,40-25?,41-26?,42-27?,43-26?,44-27?,45-28?,46-28?;. The fraction of sp³-hybridized carbons (Fsp3) is 0.208. The molecule has 0 unspecified atom stereocenters. The number of carbonyl (C=O) groups is 2. The molecule has 0 saturated heterocycles. The van der Waals surface area contributed by atoms with Crippen LogP contribution in [0.15, 0.2) is 91.0 Å². The molecule has 0 radical (unpaired) electrons. The fourth-order valence-corrected chi connectivity index (χ4v) is 7.20. The number of benzene rings is 2. The Labute approximate surface area is 346 Å². The third-order valence-electron chi connectivity index (χ3n) is 10.6. The predicted octanol–water partition coefficient (Wildman–Crippen LogP) is 9.99. The summed E-state index contributed by atoms with van der Waals surface area (Å²) in [7, 11) is 2.80. The van der Waals surface area contributed by atoms with E-state index in [9.17, 15) is 9.59 Å². The van der Waals surface area contributed by atoms with Gasteiger partial charge in [-0.25, -0.2) is 9.97 Å². The molecule has 2 aliphatic rings. The molecule has 7 rings (SSSR count). The smallest absolute Gasteiger partial charge is 0.657 e. The van der Waals surface area contributed by atoms with Gasteiger partial charge in [-0.3, -0.25) is 9.59 Å². The normalized spacial score (nSPS) is 12.7. The van der Waals surface area contributed by atoms with Crippen molar-refractivity contribution in [2.45, 2.75) is 53.4 Å². The van der Waals surface area contributed by atoms with Crippen molar-refractivity contribution < 1.29 is 38.5 Å². The Morgan fingerprint density at radius 1 is 0.579 bits per heavy atom. The molecular weight excluding hydrogens is 762 g/mol. The Kier molecular flexibility index (Phi) is 12.8. The van der Waals surface area contributed by atoms with E-state index in [4.69, 9.17) is 29.4 Å². The SMILES string of the molecule is COC(=O)CCC1=C(C)c2cc3[n-]c(cc4nc(cc5[n-]c(cc1n2)c(CCC(=O)OC)c5C)C(/C=C/c1ccccc1)=C4C)c(/C=C/c1ccccc1)c3C.[Zn+2]. The van der Waals surface area contributed by atoms with Gasteiger partial charge in [0.25, 0.3) is 0 Å². The van der Waals surface area contributed by atoms with Crippen LogP contribution in [0.4, 0.5) is 0 Å².